The van der Waals surface area contributed by atoms with Gasteiger partial charge in [0.05, 0.1) is 21.6 Å². The van der Waals surface area contributed by atoms with E-state index in [0.717, 1.165) is 50.3 Å². The lowest BCUT2D eigenvalue weighted by atomic mass is 9.79. The first-order valence-electron chi connectivity index (χ1n) is 12.5. The van der Waals surface area contributed by atoms with E-state index in [1.54, 1.807) is 0 Å². The summed E-state index contributed by atoms with van der Waals surface area (Å²) in [6.45, 7) is 0.150. The third-order valence-electron chi connectivity index (χ3n) is 7.10. The van der Waals surface area contributed by atoms with Gasteiger partial charge in [0.25, 0.3) is 11.6 Å². The van der Waals surface area contributed by atoms with E-state index in [-0.39, 0.29) is 29.7 Å². The van der Waals surface area contributed by atoms with Crippen molar-refractivity contribution in [3.05, 3.63) is 66.9 Å². The number of hydrogen-bond donors (Lipinski definition) is 2. The van der Waals surface area contributed by atoms with E-state index in [2.05, 4.69) is 17.4 Å². The molecule has 0 spiro atoms. The number of nitro groups is 1. The molecule has 2 aromatic rings. The predicted octanol–water partition coefficient (Wildman–Crippen LogP) is 5.18. The summed E-state index contributed by atoms with van der Waals surface area (Å²) >= 11 is 12.0. The van der Waals surface area contributed by atoms with Gasteiger partial charge in [-0.15, -0.1) is 0 Å². The van der Waals surface area contributed by atoms with E-state index < -0.39 is 33.6 Å². The fourth-order valence-corrected chi connectivity index (χ4v) is 5.51. The molecule has 198 valence electrons. The largest absolute Gasteiger partial charge is 0.480 e. The monoisotopic (exact) mass is 549 g/mol. The molecule has 0 aliphatic heterocycles. The van der Waals surface area contributed by atoms with Crippen molar-refractivity contribution in [3.8, 4) is 0 Å². The van der Waals surface area contributed by atoms with Crippen LogP contribution in [0.25, 0.3) is 0 Å². The number of aromatic nitrogens is 1. The number of amides is 1. The summed E-state index contributed by atoms with van der Waals surface area (Å²) in [6.07, 6.45) is 8.58. The van der Waals surface area contributed by atoms with Crippen LogP contribution in [0.4, 0.5) is 5.69 Å². The summed E-state index contributed by atoms with van der Waals surface area (Å²) in [4.78, 5) is 39.5. The summed E-state index contributed by atoms with van der Waals surface area (Å²) in [5, 5.41) is 22.4. The molecule has 0 bridgehead atoms. The van der Waals surface area contributed by atoms with Gasteiger partial charge < -0.3 is 15.2 Å². The Morgan fingerprint density at radius 3 is 2.68 bits per heavy atom. The number of carboxylic acid groups (broad SMARTS) is 1. The zero-order valence-corrected chi connectivity index (χ0v) is 21.8. The molecular weight excluding hydrogens is 521 g/mol. The minimum absolute atomic E-state index is 0.0332. The van der Waals surface area contributed by atoms with Crippen molar-refractivity contribution < 1.29 is 24.4 Å². The molecule has 2 aliphatic carbocycles. The molecule has 0 saturated heterocycles. The van der Waals surface area contributed by atoms with Crippen LogP contribution in [0.3, 0.4) is 0 Å². The number of carbonyl (C=O) groups excluding carboxylic acids is 1. The molecule has 2 N–H and O–H groups in total. The second-order valence-electron chi connectivity index (χ2n) is 9.65. The van der Waals surface area contributed by atoms with Crippen molar-refractivity contribution in [1.29, 1.82) is 0 Å². The SMILES string of the molecule is O=C(N[C@@H](CCOC1CC(CCc2ccc3c(n2)CCCC3)C1)C(=O)O)c1c(Cl)ccc([N+](=O)[O-])c1Cl. The van der Waals surface area contributed by atoms with Crippen LogP contribution in [0.5, 0.6) is 0 Å². The van der Waals surface area contributed by atoms with E-state index in [1.807, 2.05) is 0 Å². The fraction of sp³-hybridized carbons (Fsp3) is 0.500. The summed E-state index contributed by atoms with van der Waals surface area (Å²) in [5.41, 5.74) is 2.97. The van der Waals surface area contributed by atoms with Crippen molar-refractivity contribution in [2.24, 2.45) is 5.92 Å². The normalized spacial score (nSPS) is 19.4. The maximum Gasteiger partial charge on any atom is 0.326 e. The molecule has 11 heteroatoms. The Hall–Kier alpha value is -2.75. The third-order valence-corrected chi connectivity index (χ3v) is 7.79. The highest BCUT2D eigenvalue weighted by Gasteiger charge is 2.31. The average molecular weight is 550 g/mol. The van der Waals surface area contributed by atoms with Crippen LogP contribution in [0, 0.1) is 16.0 Å². The topological polar surface area (TPSA) is 132 Å². The van der Waals surface area contributed by atoms with Crippen LogP contribution in [0.1, 0.15) is 65.8 Å². The van der Waals surface area contributed by atoms with E-state index in [9.17, 15) is 24.8 Å². The summed E-state index contributed by atoms with van der Waals surface area (Å²) < 4.78 is 5.83. The first kappa shape index (κ1) is 27.3. The Morgan fingerprint density at radius 2 is 1.95 bits per heavy atom. The van der Waals surface area contributed by atoms with Gasteiger partial charge in [-0.3, -0.25) is 19.9 Å². The van der Waals surface area contributed by atoms with Crippen LogP contribution in [0.15, 0.2) is 24.3 Å². The Morgan fingerprint density at radius 1 is 1.19 bits per heavy atom. The molecule has 1 aromatic carbocycles. The molecule has 2 aliphatic rings. The van der Waals surface area contributed by atoms with Crippen LogP contribution in [-0.4, -0.2) is 45.6 Å². The number of nitro benzene ring substituents is 1. The fourth-order valence-electron chi connectivity index (χ4n) is 4.90. The van der Waals surface area contributed by atoms with E-state index in [4.69, 9.17) is 32.9 Å². The lowest BCUT2D eigenvalue weighted by Gasteiger charge is -2.35. The molecule has 4 rings (SSSR count). The number of pyridine rings is 1. The number of carboxylic acids is 1. The van der Waals surface area contributed by atoms with Gasteiger partial charge in [0, 0.05) is 30.5 Å². The maximum absolute atomic E-state index is 12.6. The molecule has 1 heterocycles. The summed E-state index contributed by atoms with van der Waals surface area (Å²) in [5.74, 6) is -1.60. The highest BCUT2D eigenvalue weighted by Crippen LogP contribution is 2.35. The Kier molecular flexibility index (Phi) is 9.00. The minimum Gasteiger partial charge on any atom is -0.480 e. The van der Waals surface area contributed by atoms with Crippen molar-refractivity contribution in [3.63, 3.8) is 0 Å². The minimum atomic E-state index is -1.26. The van der Waals surface area contributed by atoms with Gasteiger partial charge in [0.1, 0.15) is 11.1 Å². The number of aliphatic carboxylic acids is 1. The highest BCUT2D eigenvalue weighted by molar-refractivity contribution is 6.41. The zero-order valence-electron chi connectivity index (χ0n) is 20.3. The molecule has 1 aromatic heterocycles. The molecule has 1 amide bonds. The van der Waals surface area contributed by atoms with Crippen LogP contribution >= 0.6 is 23.2 Å². The number of aryl methyl sites for hydroxylation is 3. The molecule has 0 radical (unpaired) electrons. The zero-order chi connectivity index (χ0) is 26.5. The predicted molar refractivity (Wildman–Crippen MR) is 138 cm³/mol. The Balaban J connectivity index is 1.20. The van der Waals surface area contributed by atoms with Crippen molar-refractivity contribution >= 4 is 40.8 Å². The standard InChI is InChI=1S/C26H29Cl2N3O6/c27-19-9-10-22(31(35)36)24(28)23(19)25(32)30-21(26(33)34)11-12-37-18-13-15(14-18)5-7-17-8-6-16-3-1-2-4-20(16)29-17/h6,8-10,15,18,21H,1-5,7,11-14H2,(H,30,32)(H,33,34)/t15?,18?,21-/m0/s1. The van der Waals surface area contributed by atoms with Crippen molar-refractivity contribution in [2.45, 2.75) is 69.9 Å². The Bertz CT molecular complexity index is 1190. The lowest BCUT2D eigenvalue weighted by Crippen LogP contribution is -2.42. The number of hydrogen-bond acceptors (Lipinski definition) is 6. The molecule has 1 fully saturated rings. The Labute approximate surface area is 224 Å². The number of rotatable bonds is 11. The molecule has 37 heavy (non-hydrogen) atoms. The molecular formula is C26H29Cl2N3O6. The second kappa shape index (κ2) is 12.2. The van der Waals surface area contributed by atoms with Crippen molar-refractivity contribution in [1.82, 2.24) is 10.3 Å². The first-order chi connectivity index (χ1) is 17.7. The maximum atomic E-state index is 12.6. The van der Waals surface area contributed by atoms with Crippen LogP contribution in [0.2, 0.25) is 10.0 Å². The summed E-state index contributed by atoms with van der Waals surface area (Å²) in [6, 6.07) is 5.37. The third kappa shape index (κ3) is 6.77. The first-order valence-corrected chi connectivity index (χ1v) is 13.2. The van der Waals surface area contributed by atoms with Gasteiger partial charge in [-0.25, -0.2) is 4.79 Å². The molecule has 1 saturated carbocycles. The van der Waals surface area contributed by atoms with E-state index in [0.29, 0.717) is 5.92 Å². The summed E-state index contributed by atoms with van der Waals surface area (Å²) in [7, 11) is 0. The molecule has 9 nitrogen and oxygen atoms in total. The number of benzene rings is 1. The molecule has 0 unspecified atom stereocenters. The quantitative estimate of drug-likeness (QED) is 0.291. The van der Waals surface area contributed by atoms with Gasteiger partial charge in [0.15, 0.2) is 0 Å². The number of carbonyl (C=O) groups is 2. The lowest BCUT2D eigenvalue weighted by molar-refractivity contribution is -0.384. The van der Waals surface area contributed by atoms with Crippen LogP contribution < -0.4 is 5.32 Å². The van der Waals surface area contributed by atoms with Crippen LogP contribution in [-0.2, 0) is 28.8 Å². The van der Waals surface area contributed by atoms with Crippen molar-refractivity contribution in [2.75, 3.05) is 6.61 Å². The van der Waals surface area contributed by atoms with E-state index in [1.165, 1.54) is 30.2 Å². The van der Waals surface area contributed by atoms with Gasteiger partial charge in [-0.2, -0.15) is 0 Å². The highest BCUT2D eigenvalue weighted by atomic mass is 35.5. The van der Waals surface area contributed by atoms with Gasteiger partial charge in [0.2, 0.25) is 0 Å². The number of ether oxygens (including phenoxy) is 1. The molecule has 1 atom stereocenters. The van der Waals surface area contributed by atoms with Gasteiger partial charge >= 0.3 is 5.97 Å². The van der Waals surface area contributed by atoms with E-state index >= 15 is 0 Å². The number of fused-ring (bicyclic) bond motifs is 1. The smallest absolute Gasteiger partial charge is 0.326 e. The van der Waals surface area contributed by atoms with Gasteiger partial charge in [-0.05, 0) is 75.0 Å². The van der Waals surface area contributed by atoms with Gasteiger partial charge in [-0.1, -0.05) is 29.3 Å². The second-order valence-corrected chi connectivity index (χ2v) is 10.4. The average Bonchev–Trinajstić information content (AvgIpc) is 2.83. The number of nitrogens with zero attached hydrogens (tertiary/aromatic N) is 2. The number of nitrogens with one attached hydrogen (secondary N) is 1. The number of halogens is 2.